The summed E-state index contributed by atoms with van der Waals surface area (Å²) in [6.45, 7) is 4.68. The quantitative estimate of drug-likeness (QED) is 0.617. The summed E-state index contributed by atoms with van der Waals surface area (Å²) >= 11 is 0. The molecule has 1 saturated carbocycles. The molecule has 112 valence electrons. The third-order valence-electron chi connectivity index (χ3n) is 3.46. The Labute approximate surface area is 116 Å². The van der Waals surface area contributed by atoms with Crippen LogP contribution in [0.2, 0.25) is 0 Å². The van der Waals surface area contributed by atoms with Crippen molar-refractivity contribution in [1.29, 1.82) is 0 Å². The van der Waals surface area contributed by atoms with Crippen LogP contribution in [0.5, 0.6) is 0 Å². The molecule has 0 unspecified atom stereocenters. The van der Waals surface area contributed by atoms with Crippen LogP contribution in [0.4, 0.5) is 0 Å². The van der Waals surface area contributed by atoms with Gasteiger partial charge in [-0.15, -0.1) is 0 Å². The van der Waals surface area contributed by atoms with Crippen molar-refractivity contribution in [2.24, 2.45) is 0 Å². The molecule has 1 rings (SSSR count). The molecule has 0 aromatic carbocycles. The zero-order valence-electron chi connectivity index (χ0n) is 12.2. The zero-order valence-corrected chi connectivity index (χ0v) is 12.2. The molecule has 0 bridgehead atoms. The number of rotatable bonds is 9. The zero-order chi connectivity index (χ0) is 13.9. The molecule has 19 heavy (non-hydrogen) atoms. The lowest BCUT2D eigenvalue weighted by Gasteiger charge is -2.28. The molecule has 0 atom stereocenters. The van der Waals surface area contributed by atoms with E-state index in [-0.39, 0.29) is 18.6 Å². The van der Waals surface area contributed by atoms with Crippen LogP contribution >= 0.6 is 0 Å². The number of hydrogen-bond acceptors (Lipinski definition) is 4. The molecule has 0 saturated heterocycles. The Hall–Kier alpha value is -0.650. The Kier molecular flexibility index (Phi) is 8.79. The highest BCUT2D eigenvalue weighted by molar-refractivity contribution is 5.77. The van der Waals surface area contributed by atoms with Crippen molar-refractivity contribution in [2.75, 3.05) is 33.4 Å². The van der Waals surface area contributed by atoms with E-state index in [0.717, 1.165) is 38.6 Å². The Morgan fingerprint density at radius 2 is 2.00 bits per heavy atom. The fourth-order valence-electron chi connectivity index (χ4n) is 2.41. The third-order valence-corrected chi connectivity index (χ3v) is 3.46. The lowest BCUT2D eigenvalue weighted by Crippen LogP contribution is -2.37. The van der Waals surface area contributed by atoms with Crippen molar-refractivity contribution < 1.29 is 14.3 Å². The molecule has 0 aliphatic heterocycles. The molecule has 5 heteroatoms. The van der Waals surface area contributed by atoms with Crippen LogP contribution in [0.25, 0.3) is 0 Å². The van der Waals surface area contributed by atoms with Gasteiger partial charge in [-0.1, -0.05) is 6.92 Å². The lowest BCUT2D eigenvalue weighted by molar-refractivity contribution is -0.128. The first kappa shape index (κ1) is 16.4. The van der Waals surface area contributed by atoms with Crippen LogP contribution in [0.15, 0.2) is 0 Å². The maximum atomic E-state index is 11.5. The normalized spacial score (nSPS) is 23.3. The molecule has 0 aromatic heterocycles. The summed E-state index contributed by atoms with van der Waals surface area (Å²) in [5, 5.41) is 6.29. The van der Waals surface area contributed by atoms with Gasteiger partial charge in [-0.2, -0.15) is 0 Å². The fraction of sp³-hybridized carbons (Fsp3) is 0.929. The van der Waals surface area contributed by atoms with Gasteiger partial charge in [0.1, 0.15) is 6.61 Å². The number of nitrogens with one attached hydrogen (secondary N) is 2. The second-order valence-electron chi connectivity index (χ2n) is 5.04. The van der Waals surface area contributed by atoms with Crippen molar-refractivity contribution in [2.45, 2.75) is 51.2 Å². The molecule has 0 radical (unpaired) electrons. The average molecular weight is 272 g/mol. The Morgan fingerprint density at radius 1 is 1.26 bits per heavy atom. The van der Waals surface area contributed by atoms with Gasteiger partial charge in [0.15, 0.2) is 0 Å². The Morgan fingerprint density at radius 3 is 2.63 bits per heavy atom. The first-order valence-electron chi connectivity index (χ1n) is 7.36. The van der Waals surface area contributed by atoms with E-state index < -0.39 is 0 Å². The molecule has 1 aliphatic carbocycles. The molecule has 1 fully saturated rings. The number of hydrogen-bond donors (Lipinski definition) is 2. The maximum Gasteiger partial charge on any atom is 0.246 e. The van der Waals surface area contributed by atoms with Crippen LogP contribution in [-0.2, 0) is 14.3 Å². The van der Waals surface area contributed by atoms with Crippen molar-refractivity contribution in [3.63, 3.8) is 0 Å². The van der Waals surface area contributed by atoms with E-state index in [9.17, 15) is 4.79 Å². The minimum absolute atomic E-state index is 0.0232. The fourth-order valence-corrected chi connectivity index (χ4v) is 2.41. The van der Waals surface area contributed by atoms with Crippen molar-refractivity contribution >= 4 is 5.91 Å². The number of ether oxygens (including phenoxy) is 2. The highest BCUT2D eigenvalue weighted by atomic mass is 16.5. The molecule has 2 N–H and O–H groups in total. The van der Waals surface area contributed by atoms with E-state index in [1.807, 2.05) is 0 Å². The number of amides is 1. The summed E-state index contributed by atoms with van der Waals surface area (Å²) < 4.78 is 10.6. The van der Waals surface area contributed by atoms with Crippen molar-refractivity contribution in [3.05, 3.63) is 0 Å². The third kappa shape index (κ3) is 7.50. The Bertz CT molecular complexity index is 241. The van der Waals surface area contributed by atoms with Gasteiger partial charge in [0.25, 0.3) is 0 Å². The van der Waals surface area contributed by atoms with Crippen LogP contribution in [0.3, 0.4) is 0 Å². The van der Waals surface area contributed by atoms with Crippen molar-refractivity contribution in [1.82, 2.24) is 10.6 Å². The largest absolute Gasteiger partial charge is 0.385 e. The van der Waals surface area contributed by atoms with Gasteiger partial charge in [-0.25, -0.2) is 0 Å². The van der Waals surface area contributed by atoms with Gasteiger partial charge < -0.3 is 20.1 Å². The van der Waals surface area contributed by atoms with Crippen LogP contribution in [-0.4, -0.2) is 51.5 Å². The topological polar surface area (TPSA) is 59.6 Å². The summed E-state index contributed by atoms with van der Waals surface area (Å²) in [5.41, 5.74) is 0. The smallest absolute Gasteiger partial charge is 0.246 e. The monoisotopic (exact) mass is 272 g/mol. The lowest BCUT2D eigenvalue weighted by atomic mass is 9.93. The predicted molar refractivity (Wildman–Crippen MR) is 75.2 cm³/mol. The van der Waals surface area contributed by atoms with E-state index in [1.54, 1.807) is 7.11 Å². The highest BCUT2D eigenvalue weighted by Crippen LogP contribution is 2.20. The van der Waals surface area contributed by atoms with E-state index in [2.05, 4.69) is 17.6 Å². The minimum atomic E-state index is -0.0232. The summed E-state index contributed by atoms with van der Waals surface area (Å²) in [7, 11) is 1.66. The van der Waals surface area contributed by atoms with Gasteiger partial charge >= 0.3 is 0 Å². The standard InChI is InChI=1S/C14H28N2O3/c1-3-15-12-5-7-13(8-6-12)19-11-14(17)16-9-4-10-18-2/h12-13,15H,3-11H2,1-2H3,(H,16,17). The summed E-state index contributed by atoms with van der Waals surface area (Å²) in [4.78, 5) is 11.5. The van der Waals surface area contributed by atoms with Gasteiger partial charge in [-0.05, 0) is 38.6 Å². The van der Waals surface area contributed by atoms with Crippen LogP contribution in [0.1, 0.15) is 39.0 Å². The molecule has 5 nitrogen and oxygen atoms in total. The first-order chi connectivity index (χ1) is 9.26. The van der Waals surface area contributed by atoms with Crippen LogP contribution < -0.4 is 10.6 Å². The first-order valence-corrected chi connectivity index (χ1v) is 7.36. The maximum absolute atomic E-state index is 11.5. The summed E-state index contributed by atoms with van der Waals surface area (Å²) in [6, 6.07) is 0.632. The summed E-state index contributed by atoms with van der Waals surface area (Å²) in [5.74, 6) is -0.0232. The number of carbonyl (C=O) groups is 1. The second kappa shape index (κ2) is 10.2. The molecular weight excluding hydrogens is 244 g/mol. The molecule has 1 amide bonds. The van der Waals surface area contributed by atoms with Crippen molar-refractivity contribution in [3.8, 4) is 0 Å². The molecule has 0 aromatic rings. The van der Waals surface area contributed by atoms with E-state index >= 15 is 0 Å². The molecule has 0 spiro atoms. The second-order valence-corrected chi connectivity index (χ2v) is 5.04. The molecule has 1 aliphatic rings. The number of carbonyl (C=O) groups excluding carboxylic acids is 1. The SMILES string of the molecule is CCNC1CCC(OCC(=O)NCCCOC)CC1. The number of methoxy groups -OCH3 is 1. The van der Waals surface area contributed by atoms with Crippen LogP contribution in [0, 0.1) is 0 Å². The summed E-state index contributed by atoms with van der Waals surface area (Å²) in [6.07, 6.45) is 5.49. The predicted octanol–water partition coefficient (Wildman–Crippen LogP) is 1.08. The highest BCUT2D eigenvalue weighted by Gasteiger charge is 2.21. The molecule has 0 heterocycles. The van der Waals surface area contributed by atoms with E-state index in [1.165, 1.54) is 0 Å². The average Bonchev–Trinajstić information content (AvgIpc) is 2.43. The van der Waals surface area contributed by atoms with Gasteiger partial charge in [0.05, 0.1) is 6.10 Å². The van der Waals surface area contributed by atoms with E-state index in [0.29, 0.717) is 19.2 Å². The Balaban J connectivity index is 2.02. The van der Waals surface area contributed by atoms with Gasteiger partial charge in [0.2, 0.25) is 5.91 Å². The van der Waals surface area contributed by atoms with E-state index in [4.69, 9.17) is 9.47 Å². The van der Waals surface area contributed by atoms with Gasteiger partial charge in [-0.3, -0.25) is 4.79 Å². The molecular formula is C14H28N2O3. The minimum Gasteiger partial charge on any atom is -0.385 e. The van der Waals surface area contributed by atoms with Gasteiger partial charge in [0, 0.05) is 26.3 Å².